The fourth-order valence-corrected chi connectivity index (χ4v) is 2.42. The topological polar surface area (TPSA) is 88.4 Å². The fourth-order valence-electron chi connectivity index (χ4n) is 2.42. The van der Waals surface area contributed by atoms with Crippen molar-refractivity contribution in [2.75, 3.05) is 18.5 Å². The first-order valence-corrected chi connectivity index (χ1v) is 9.36. The van der Waals surface area contributed by atoms with E-state index in [0.717, 1.165) is 25.7 Å². The zero-order valence-corrected chi connectivity index (χ0v) is 16.3. The fraction of sp³-hybridized carbons (Fsp3) is 0.476. The molecular formula is C21H28N2O4. The summed E-state index contributed by atoms with van der Waals surface area (Å²) in [5.74, 6) is -0.269. The lowest BCUT2D eigenvalue weighted by molar-refractivity contribution is -0.137. The minimum atomic E-state index is -0.653. The van der Waals surface area contributed by atoms with Crippen LogP contribution in [-0.4, -0.2) is 25.3 Å². The Kier molecular flexibility index (Phi) is 10.3. The molecule has 0 fully saturated rings. The number of unbranched alkanes of at least 4 members (excludes halogenated alkanes) is 1. The van der Waals surface area contributed by atoms with Gasteiger partial charge in [0.15, 0.2) is 0 Å². The third kappa shape index (κ3) is 8.41. The summed E-state index contributed by atoms with van der Waals surface area (Å²) in [5, 5.41) is 11.7. The average Bonchev–Trinajstić information content (AvgIpc) is 2.67. The molecule has 0 aliphatic heterocycles. The molecule has 0 aromatic heterocycles. The lowest BCUT2D eigenvalue weighted by Crippen LogP contribution is -2.18. The molecule has 1 amide bonds. The SMILES string of the molecule is CCCCC(CC)COC(=O)Nc1ccc(/C=C(\C#N)C(=O)OCC)cc1. The molecule has 0 aliphatic carbocycles. The second-order valence-electron chi connectivity index (χ2n) is 6.15. The van der Waals surface area contributed by atoms with Gasteiger partial charge in [0, 0.05) is 5.69 Å². The Bertz CT molecular complexity index is 674. The maximum absolute atomic E-state index is 11.9. The van der Waals surface area contributed by atoms with Crippen LogP contribution in [0.15, 0.2) is 29.8 Å². The Morgan fingerprint density at radius 1 is 1.19 bits per heavy atom. The molecule has 0 spiro atoms. The average molecular weight is 372 g/mol. The van der Waals surface area contributed by atoms with Crippen molar-refractivity contribution in [2.45, 2.75) is 46.5 Å². The van der Waals surface area contributed by atoms with E-state index in [-0.39, 0.29) is 12.2 Å². The quantitative estimate of drug-likeness (QED) is 0.358. The Balaban J connectivity index is 2.60. The summed E-state index contributed by atoms with van der Waals surface area (Å²) < 4.78 is 10.1. The van der Waals surface area contributed by atoms with Crippen molar-refractivity contribution < 1.29 is 19.1 Å². The van der Waals surface area contributed by atoms with Gasteiger partial charge in [-0.1, -0.05) is 45.2 Å². The van der Waals surface area contributed by atoms with Gasteiger partial charge in [0.25, 0.3) is 0 Å². The molecule has 1 rings (SSSR count). The van der Waals surface area contributed by atoms with E-state index in [1.54, 1.807) is 31.2 Å². The number of hydrogen-bond acceptors (Lipinski definition) is 5. The second kappa shape index (κ2) is 12.5. The monoisotopic (exact) mass is 372 g/mol. The largest absolute Gasteiger partial charge is 0.462 e. The van der Waals surface area contributed by atoms with E-state index in [1.165, 1.54) is 6.08 Å². The van der Waals surface area contributed by atoms with Gasteiger partial charge in [0.05, 0.1) is 13.2 Å². The molecular weight excluding hydrogens is 344 g/mol. The Hall–Kier alpha value is -2.81. The van der Waals surface area contributed by atoms with Crippen molar-refractivity contribution >= 4 is 23.8 Å². The molecule has 0 bridgehead atoms. The molecule has 1 atom stereocenters. The lowest BCUT2D eigenvalue weighted by atomic mass is 10.0. The van der Waals surface area contributed by atoms with Gasteiger partial charge in [0.1, 0.15) is 11.6 Å². The highest BCUT2D eigenvalue weighted by Crippen LogP contribution is 2.15. The first kappa shape index (κ1) is 22.2. The van der Waals surface area contributed by atoms with E-state index in [4.69, 9.17) is 14.7 Å². The normalized spacial score (nSPS) is 12.0. The number of carbonyl (C=O) groups excluding carboxylic acids is 2. The van der Waals surface area contributed by atoms with Gasteiger partial charge in [0.2, 0.25) is 0 Å². The number of benzene rings is 1. The van der Waals surface area contributed by atoms with Crippen LogP contribution in [0.2, 0.25) is 0 Å². The van der Waals surface area contributed by atoms with Crippen LogP contribution in [0, 0.1) is 17.2 Å². The summed E-state index contributed by atoms with van der Waals surface area (Å²) in [5.41, 5.74) is 1.16. The van der Waals surface area contributed by atoms with E-state index in [0.29, 0.717) is 23.8 Å². The standard InChI is InChI=1S/C21H28N2O4/c1-4-7-8-16(5-2)15-27-21(25)23-19-11-9-17(10-12-19)13-18(14-22)20(24)26-6-3/h9-13,16H,4-8,15H2,1-3H3,(H,23,25)/b18-13+. The van der Waals surface area contributed by atoms with Crippen molar-refractivity contribution in [3.05, 3.63) is 35.4 Å². The maximum atomic E-state index is 11.9. The van der Waals surface area contributed by atoms with Crippen molar-refractivity contribution in [3.8, 4) is 6.07 Å². The number of nitrogens with one attached hydrogen (secondary N) is 1. The highest BCUT2D eigenvalue weighted by Gasteiger charge is 2.11. The van der Waals surface area contributed by atoms with Crippen LogP contribution in [0.25, 0.3) is 6.08 Å². The summed E-state index contributed by atoms with van der Waals surface area (Å²) in [7, 11) is 0. The summed E-state index contributed by atoms with van der Waals surface area (Å²) in [4.78, 5) is 23.5. The minimum absolute atomic E-state index is 0.0744. The summed E-state index contributed by atoms with van der Waals surface area (Å²) in [6, 6.07) is 8.58. The van der Waals surface area contributed by atoms with Crippen LogP contribution in [0.5, 0.6) is 0 Å². The zero-order valence-electron chi connectivity index (χ0n) is 16.3. The molecule has 1 unspecified atom stereocenters. The smallest absolute Gasteiger partial charge is 0.411 e. The third-order valence-corrected chi connectivity index (χ3v) is 4.08. The van der Waals surface area contributed by atoms with Crippen LogP contribution in [0.4, 0.5) is 10.5 Å². The minimum Gasteiger partial charge on any atom is -0.462 e. The molecule has 0 radical (unpaired) electrons. The number of nitrogens with zero attached hydrogens (tertiary/aromatic N) is 1. The summed E-state index contributed by atoms with van der Waals surface area (Å²) in [6.45, 7) is 6.54. The molecule has 6 heteroatoms. The highest BCUT2D eigenvalue weighted by molar-refractivity contribution is 5.98. The van der Waals surface area contributed by atoms with Gasteiger partial charge < -0.3 is 9.47 Å². The Morgan fingerprint density at radius 3 is 2.44 bits per heavy atom. The van der Waals surface area contributed by atoms with Gasteiger partial charge in [-0.2, -0.15) is 5.26 Å². The number of rotatable bonds is 10. The van der Waals surface area contributed by atoms with Crippen LogP contribution in [0.3, 0.4) is 0 Å². The van der Waals surface area contributed by atoms with Gasteiger partial charge in [-0.3, -0.25) is 5.32 Å². The number of carbonyl (C=O) groups is 2. The Morgan fingerprint density at radius 2 is 1.89 bits per heavy atom. The zero-order chi connectivity index (χ0) is 20.1. The van der Waals surface area contributed by atoms with Crippen molar-refractivity contribution in [1.29, 1.82) is 5.26 Å². The highest BCUT2D eigenvalue weighted by atomic mass is 16.5. The van der Waals surface area contributed by atoms with Crippen LogP contribution in [-0.2, 0) is 14.3 Å². The van der Waals surface area contributed by atoms with Gasteiger partial charge in [-0.15, -0.1) is 0 Å². The van der Waals surface area contributed by atoms with E-state index >= 15 is 0 Å². The predicted octanol–water partition coefficient (Wildman–Crippen LogP) is 4.92. The van der Waals surface area contributed by atoms with E-state index in [1.807, 2.05) is 6.07 Å². The molecule has 1 N–H and O–H groups in total. The first-order valence-electron chi connectivity index (χ1n) is 9.36. The summed E-state index contributed by atoms with van der Waals surface area (Å²) >= 11 is 0. The number of amides is 1. The van der Waals surface area contributed by atoms with Crippen LogP contribution < -0.4 is 5.32 Å². The van der Waals surface area contributed by atoms with E-state index < -0.39 is 12.1 Å². The number of anilines is 1. The van der Waals surface area contributed by atoms with Gasteiger partial charge in [-0.25, -0.2) is 9.59 Å². The molecule has 0 heterocycles. The van der Waals surface area contributed by atoms with Crippen LogP contribution >= 0.6 is 0 Å². The first-order chi connectivity index (χ1) is 13.0. The van der Waals surface area contributed by atoms with Gasteiger partial charge in [-0.05, 0) is 43.0 Å². The predicted molar refractivity (Wildman–Crippen MR) is 105 cm³/mol. The Labute approximate surface area is 161 Å². The number of hydrogen-bond donors (Lipinski definition) is 1. The lowest BCUT2D eigenvalue weighted by Gasteiger charge is -2.15. The number of ether oxygens (including phenoxy) is 2. The summed E-state index contributed by atoms with van der Waals surface area (Å²) in [6.07, 6.45) is 5.26. The van der Waals surface area contributed by atoms with E-state index in [2.05, 4.69) is 19.2 Å². The maximum Gasteiger partial charge on any atom is 0.411 e. The molecule has 6 nitrogen and oxygen atoms in total. The molecule has 1 aromatic carbocycles. The van der Waals surface area contributed by atoms with Gasteiger partial charge >= 0.3 is 12.1 Å². The van der Waals surface area contributed by atoms with Crippen molar-refractivity contribution in [3.63, 3.8) is 0 Å². The van der Waals surface area contributed by atoms with E-state index in [9.17, 15) is 9.59 Å². The second-order valence-corrected chi connectivity index (χ2v) is 6.15. The van der Waals surface area contributed by atoms with Crippen LogP contribution in [0.1, 0.15) is 52.0 Å². The third-order valence-electron chi connectivity index (χ3n) is 4.08. The number of esters is 1. The van der Waals surface area contributed by atoms with Crippen molar-refractivity contribution in [2.24, 2.45) is 5.92 Å². The molecule has 146 valence electrons. The van der Waals surface area contributed by atoms with Crippen molar-refractivity contribution in [1.82, 2.24) is 0 Å². The molecule has 0 aliphatic rings. The molecule has 27 heavy (non-hydrogen) atoms. The molecule has 0 saturated carbocycles. The molecule has 0 saturated heterocycles. The molecule has 1 aromatic rings. The number of nitriles is 1.